The molecule has 4 heterocycles. The number of hydrogen-bond acceptors (Lipinski definition) is 7. The number of nitrogens with one attached hydrogen (secondary N) is 3. The van der Waals surface area contributed by atoms with Gasteiger partial charge in [-0.25, -0.2) is 4.79 Å². The van der Waals surface area contributed by atoms with E-state index in [1.165, 1.54) is 0 Å². The number of esters is 1. The number of ketones is 1. The summed E-state index contributed by atoms with van der Waals surface area (Å²) in [5.41, 5.74) is 9.10. The molecule has 3 aliphatic rings. The van der Waals surface area contributed by atoms with E-state index in [1.54, 1.807) is 20.8 Å². The number of aryl methyl sites for hydroxylation is 1. The lowest BCUT2D eigenvalue weighted by molar-refractivity contribution is -0.159. The summed E-state index contributed by atoms with van der Waals surface area (Å²) < 4.78 is 7.41. The summed E-state index contributed by atoms with van der Waals surface area (Å²) in [6.45, 7) is 7.34. The average Bonchev–Trinajstić information content (AvgIpc) is 3.32. The van der Waals surface area contributed by atoms with Gasteiger partial charge in [-0.1, -0.05) is 18.2 Å². The number of hydrogen-bond donors (Lipinski definition) is 3. The van der Waals surface area contributed by atoms with Crippen LogP contribution in [0.5, 0.6) is 0 Å². The Hall–Kier alpha value is -4.35. The first-order chi connectivity index (χ1) is 21.3. The fraction of sp³-hybridized carbons (Fsp3) is 0.562. The van der Waals surface area contributed by atoms with E-state index in [4.69, 9.17) is 10.3 Å². The minimum atomic E-state index is -1.21. The number of ether oxygens (including phenoxy) is 1. The van der Waals surface area contributed by atoms with E-state index in [-0.39, 0.29) is 31.7 Å². The van der Waals surface area contributed by atoms with Crippen LogP contribution in [0.25, 0.3) is 16.4 Å². The van der Waals surface area contributed by atoms with Gasteiger partial charge in [0.05, 0.1) is 12.0 Å². The fourth-order valence-corrected chi connectivity index (χ4v) is 6.09. The first-order valence-corrected chi connectivity index (χ1v) is 15.4. The van der Waals surface area contributed by atoms with Crippen LogP contribution in [-0.4, -0.2) is 93.8 Å². The zero-order valence-corrected chi connectivity index (χ0v) is 26.4. The predicted molar refractivity (Wildman–Crippen MR) is 166 cm³/mol. The van der Waals surface area contributed by atoms with E-state index in [0.29, 0.717) is 0 Å². The second kappa shape index (κ2) is 14.2. The van der Waals surface area contributed by atoms with Crippen LogP contribution in [0, 0.1) is 5.41 Å². The van der Waals surface area contributed by atoms with Gasteiger partial charge in [-0.3, -0.25) is 19.2 Å². The Kier molecular flexibility index (Phi) is 10.6. The topological polar surface area (TPSA) is 175 Å². The van der Waals surface area contributed by atoms with Gasteiger partial charge in [-0.05, 0) is 77.7 Å². The second-order valence-electron chi connectivity index (χ2n) is 13.0. The summed E-state index contributed by atoms with van der Waals surface area (Å²) in [6, 6.07) is 5.34. The molecule has 3 fully saturated rings. The quantitative estimate of drug-likeness (QED) is 0.131. The van der Waals surface area contributed by atoms with Crippen LogP contribution in [-0.2, 0) is 42.2 Å². The molecule has 5 rings (SSSR count). The van der Waals surface area contributed by atoms with Gasteiger partial charge in [-0.2, -0.15) is 4.79 Å². The molecule has 45 heavy (non-hydrogen) atoms. The van der Waals surface area contributed by atoms with Crippen LogP contribution in [0.15, 0.2) is 30.5 Å². The van der Waals surface area contributed by atoms with Crippen LogP contribution in [0.1, 0.15) is 58.4 Å². The molecule has 0 saturated carbocycles. The van der Waals surface area contributed by atoms with Gasteiger partial charge in [0.1, 0.15) is 17.7 Å². The van der Waals surface area contributed by atoms with Gasteiger partial charge in [0.15, 0.2) is 0 Å². The predicted octanol–water partition coefficient (Wildman–Crippen LogP) is 1.28. The molecular formula is C32H43N7O6. The normalized spacial score (nSPS) is 20.4. The van der Waals surface area contributed by atoms with Crippen molar-refractivity contribution in [2.75, 3.05) is 26.2 Å². The van der Waals surface area contributed by atoms with Crippen molar-refractivity contribution in [3.05, 3.63) is 41.6 Å². The number of aromatic nitrogens is 1. The minimum absolute atomic E-state index is 0.101. The van der Waals surface area contributed by atoms with E-state index in [2.05, 4.69) is 25.6 Å². The van der Waals surface area contributed by atoms with Crippen LogP contribution >= 0.6 is 0 Å². The van der Waals surface area contributed by atoms with Crippen molar-refractivity contribution >= 4 is 46.6 Å². The standard InChI is InChI=1S/C32H43N7O6/c1-31(2,3)45-29(43)24(10-9-22(40)18-35-33)37-28(42)25(17-21-20-38(4)26-8-6-5-7-23(21)26)36-27(41)19-34-30(44)32-11-14-39(15-12-32)16-13-32/h5-8,18,20,24-25H,9-17,19H2,1-4H3,(H,34,44)(H,36,41)(H,37,42)/t24-,25-/m0/s1. The van der Waals surface area contributed by atoms with Crippen molar-refractivity contribution in [1.82, 2.24) is 25.4 Å². The van der Waals surface area contributed by atoms with Gasteiger partial charge in [0.25, 0.3) is 0 Å². The van der Waals surface area contributed by atoms with Crippen molar-refractivity contribution in [3.63, 3.8) is 0 Å². The zero-order valence-electron chi connectivity index (χ0n) is 26.4. The Morgan fingerprint density at radius 2 is 1.71 bits per heavy atom. The smallest absolute Gasteiger partial charge is 0.329 e. The maximum absolute atomic E-state index is 13.8. The molecule has 242 valence electrons. The van der Waals surface area contributed by atoms with Crippen LogP contribution in [0.4, 0.5) is 0 Å². The third-order valence-electron chi connectivity index (χ3n) is 8.56. The largest absolute Gasteiger partial charge is 0.458 e. The van der Waals surface area contributed by atoms with Crippen molar-refractivity contribution in [2.45, 2.75) is 77.0 Å². The first kappa shape index (κ1) is 33.5. The summed E-state index contributed by atoms with van der Waals surface area (Å²) in [7, 11) is 1.88. The first-order valence-electron chi connectivity index (χ1n) is 15.4. The Balaban J connectivity index is 1.51. The summed E-state index contributed by atoms with van der Waals surface area (Å²) >= 11 is 0. The molecule has 1 aromatic heterocycles. The fourth-order valence-electron chi connectivity index (χ4n) is 6.09. The highest BCUT2D eigenvalue weighted by molar-refractivity contribution is 6.25. The van der Waals surface area contributed by atoms with Crippen molar-refractivity contribution in [2.24, 2.45) is 12.5 Å². The van der Waals surface area contributed by atoms with Gasteiger partial charge >= 0.3 is 12.2 Å². The molecule has 13 nitrogen and oxygen atoms in total. The molecule has 2 aromatic rings. The molecule has 3 saturated heterocycles. The molecule has 2 atom stereocenters. The number of rotatable bonds is 13. The highest BCUT2D eigenvalue weighted by Crippen LogP contribution is 2.40. The molecule has 13 heteroatoms. The van der Waals surface area contributed by atoms with Gasteiger partial charge in [-0.15, -0.1) is 0 Å². The molecule has 0 aliphatic carbocycles. The van der Waals surface area contributed by atoms with Crippen molar-refractivity contribution in [1.29, 1.82) is 0 Å². The number of fused-ring (bicyclic) bond motifs is 4. The molecule has 2 bridgehead atoms. The number of benzene rings is 1. The highest BCUT2D eigenvalue weighted by atomic mass is 16.6. The third kappa shape index (κ3) is 8.64. The molecular weight excluding hydrogens is 578 g/mol. The van der Waals surface area contributed by atoms with E-state index in [9.17, 15) is 24.0 Å². The lowest BCUT2D eigenvalue weighted by Crippen LogP contribution is -2.57. The molecule has 3 amide bonds. The van der Waals surface area contributed by atoms with Crippen LogP contribution < -0.4 is 16.0 Å². The number of amides is 3. The molecule has 0 radical (unpaired) electrons. The highest BCUT2D eigenvalue weighted by Gasteiger charge is 2.45. The molecule has 0 unspecified atom stereocenters. The number of piperidine rings is 3. The maximum atomic E-state index is 13.8. The number of carbonyl (C=O) groups excluding carboxylic acids is 5. The van der Waals surface area contributed by atoms with Gasteiger partial charge in [0, 0.05) is 37.0 Å². The number of carbonyl (C=O) groups is 5. The SMILES string of the molecule is Cn1cc(C[C@H](NC(=O)CNC(=O)C23CCN(CC2)CC3)C(=O)N[C@@H](CCC(=O)C=[N+]=[N-])C(=O)OC(C)(C)C)c2ccccc21. The van der Waals surface area contributed by atoms with E-state index in [0.717, 1.165) is 61.6 Å². The Morgan fingerprint density at radius 1 is 1.04 bits per heavy atom. The number of nitrogens with zero attached hydrogens (tertiary/aromatic N) is 4. The Morgan fingerprint density at radius 3 is 2.36 bits per heavy atom. The second-order valence-corrected chi connectivity index (χ2v) is 13.0. The van der Waals surface area contributed by atoms with Crippen molar-refractivity contribution in [3.8, 4) is 0 Å². The van der Waals surface area contributed by atoms with Crippen molar-refractivity contribution < 1.29 is 33.5 Å². The van der Waals surface area contributed by atoms with Crippen LogP contribution in [0.3, 0.4) is 0 Å². The maximum Gasteiger partial charge on any atom is 0.329 e. The zero-order chi connectivity index (χ0) is 32.8. The van der Waals surface area contributed by atoms with E-state index < -0.39 is 46.7 Å². The Labute approximate surface area is 262 Å². The monoisotopic (exact) mass is 621 g/mol. The number of Topliss-reactive ketones (excluding diaryl/α,β-unsaturated/α-hetero) is 1. The molecule has 3 aliphatic heterocycles. The summed E-state index contributed by atoms with van der Waals surface area (Å²) in [6.07, 6.45) is 4.66. The van der Waals surface area contributed by atoms with Crippen LogP contribution in [0.2, 0.25) is 0 Å². The van der Waals surface area contributed by atoms with Gasteiger partial charge in [0.2, 0.25) is 23.5 Å². The minimum Gasteiger partial charge on any atom is -0.458 e. The Bertz CT molecular complexity index is 1480. The van der Waals surface area contributed by atoms with E-state index >= 15 is 0 Å². The summed E-state index contributed by atoms with van der Waals surface area (Å²) in [5.74, 6) is -2.63. The van der Waals surface area contributed by atoms with Gasteiger partial charge < -0.3 is 35.7 Å². The molecule has 0 spiro atoms. The number of para-hydroxylation sites is 1. The summed E-state index contributed by atoms with van der Waals surface area (Å²) in [5, 5.41) is 9.12. The summed E-state index contributed by atoms with van der Waals surface area (Å²) in [4.78, 5) is 70.3. The lowest BCUT2D eigenvalue weighted by Gasteiger charge is -2.47. The molecule has 1 aromatic carbocycles. The lowest BCUT2D eigenvalue weighted by atomic mass is 9.71. The molecule has 3 N–H and O–H groups in total. The van der Waals surface area contributed by atoms with E-state index in [1.807, 2.05) is 42.1 Å². The third-order valence-corrected chi connectivity index (χ3v) is 8.56. The average molecular weight is 622 g/mol.